The molecule has 0 saturated carbocycles. The molecule has 0 fully saturated rings. The van der Waals surface area contributed by atoms with Gasteiger partial charge in [0, 0.05) is 12.6 Å². The molecule has 0 amide bonds. The molecule has 6 heteroatoms. The molecule has 2 aromatic heterocycles. The van der Waals surface area contributed by atoms with Crippen LogP contribution in [0.1, 0.15) is 12.6 Å². The molecule has 0 aliphatic heterocycles. The lowest BCUT2D eigenvalue weighted by Gasteiger charge is -1.95. The summed E-state index contributed by atoms with van der Waals surface area (Å²) in [6, 6.07) is 8.67. The van der Waals surface area contributed by atoms with Crippen LogP contribution in [0.5, 0.6) is 5.75 Å². The first-order chi connectivity index (χ1) is 9.67. The molecule has 20 heavy (non-hydrogen) atoms. The Bertz CT molecular complexity index is 745. The van der Waals surface area contributed by atoms with Crippen LogP contribution in [0, 0.1) is 0 Å². The number of aromatic nitrogens is 4. The third-order valence-corrected chi connectivity index (χ3v) is 3.04. The van der Waals surface area contributed by atoms with E-state index in [-0.39, 0.29) is 5.75 Å². The van der Waals surface area contributed by atoms with Crippen molar-refractivity contribution in [1.82, 2.24) is 19.9 Å². The molecule has 0 spiro atoms. The highest BCUT2D eigenvalue weighted by Gasteiger charge is 2.15. The minimum Gasteiger partial charge on any atom is -0.508 e. The molecule has 2 heterocycles. The highest BCUT2D eigenvalue weighted by Crippen LogP contribution is 2.24. The van der Waals surface area contributed by atoms with E-state index in [2.05, 4.69) is 15.2 Å². The summed E-state index contributed by atoms with van der Waals surface area (Å²) in [5.41, 5.74) is 2.46. The van der Waals surface area contributed by atoms with Crippen LogP contribution in [0.2, 0.25) is 0 Å². The maximum Gasteiger partial charge on any atom is 0.276 e. The molecule has 102 valence electrons. The molecule has 0 atom stereocenters. The van der Waals surface area contributed by atoms with Gasteiger partial charge in [-0.2, -0.15) is 10.1 Å². The quantitative estimate of drug-likeness (QED) is 0.790. The second-order valence-electron chi connectivity index (χ2n) is 4.47. The Kier molecular flexibility index (Phi) is 2.98. The average molecular weight is 270 g/mol. The molecule has 1 aromatic carbocycles. The Balaban J connectivity index is 1.99. The van der Waals surface area contributed by atoms with Gasteiger partial charge in [-0.15, -0.1) is 0 Å². The Hall–Kier alpha value is -2.63. The van der Waals surface area contributed by atoms with E-state index < -0.39 is 0 Å². The molecule has 0 bridgehead atoms. The van der Waals surface area contributed by atoms with Gasteiger partial charge in [0.1, 0.15) is 11.4 Å². The molecule has 3 rings (SSSR count). The molecular formula is C14H14N4O2. The number of phenols is 1. The van der Waals surface area contributed by atoms with Gasteiger partial charge in [0.25, 0.3) is 5.89 Å². The number of nitrogens with zero attached hydrogens (tertiary/aromatic N) is 4. The van der Waals surface area contributed by atoms with E-state index in [1.54, 1.807) is 22.9 Å². The Morgan fingerprint density at radius 1 is 1.30 bits per heavy atom. The van der Waals surface area contributed by atoms with Crippen molar-refractivity contribution in [2.45, 2.75) is 13.3 Å². The van der Waals surface area contributed by atoms with E-state index in [1.807, 2.05) is 26.1 Å². The molecule has 6 nitrogen and oxygen atoms in total. The maximum atomic E-state index is 9.48. The van der Waals surface area contributed by atoms with Crippen LogP contribution in [0.15, 0.2) is 34.9 Å². The fourth-order valence-electron chi connectivity index (χ4n) is 1.99. The minimum atomic E-state index is 0.169. The standard InChI is InChI=1S/C14H14N4O2/c1-3-10-8-12(18(2)16-10)14-15-13(17-20-14)9-5-4-6-11(19)7-9/h4-8,19H,3H2,1-2H3. The van der Waals surface area contributed by atoms with E-state index in [0.29, 0.717) is 17.3 Å². The summed E-state index contributed by atoms with van der Waals surface area (Å²) in [6.45, 7) is 2.04. The average Bonchev–Trinajstić information content (AvgIpc) is 3.05. The first-order valence-electron chi connectivity index (χ1n) is 6.33. The van der Waals surface area contributed by atoms with E-state index >= 15 is 0 Å². The van der Waals surface area contributed by atoms with Crippen molar-refractivity contribution < 1.29 is 9.63 Å². The van der Waals surface area contributed by atoms with Crippen LogP contribution in [0.4, 0.5) is 0 Å². The molecule has 0 unspecified atom stereocenters. The number of aryl methyl sites for hydroxylation is 2. The number of aromatic hydroxyl groups is 1. The lowest BCUT2D eigenvalue weighted by atomic mass is 10.2. The van der Waals surface area contributed by atoms with Crippen molar-refractivity contribution in [2.75, 3.05) is 0 Å². The van der Waals surface area contributed by atoms with Crippen molar-refractivity contribution >= 4 is 0 Å². The van der Waals surface area contributed by atoms with Gasteiger partial charge in [0.2, 0.25) is 5.82 Å². The van der Waals surface area contributed by atoms with E-state index in [0.717, 1.165) is 17.8 Å². The fourth-order valence-corrected chi connectivity index (χ4v) is 1.99. The Morgan fingerprint density at radius 3 is 2.85 bits per heavy atom. The van der Waals surface area contributed by atoms with Gasteiger partial charge in [-0.1, -0.05) is 24.2 Å². The van der Waals surface area contributed by atoms with Gasteiger partial charge in [0.15, 0.2) is 0 Å². The monoisotopic (exact) mass is 270 g/mol. The number of rotatable bonds is 3. The molecule has 0 saturated heterocycles. The van der Waals surface area contributed by atoms with Gasteiger partial charge in [0.05, 0.1) is 5.69 Å². The number of hydrogen-bond donors (Lipinski definition) is 1. The smallest absolute Gasteiger partial charge is 0.276 e. The van der Waals surface area contributed by atoms with Crippen molar-refractivity contribution in [2.24, 2.45) is 7.05 Å². The summed E-state index contributed by atoms with van der Waals surface area (Å²) < 4.78 is 7.00. The lowest BCUT2D eigenvalue weighted by molar-refractivity contribution is 0.428. The summed E-state index contributed by atoms with van der Waals surface area (Å²) in [5, 5.41) is 17.8. The molecule has 1 N–H and O–H groups in total. The zero-order valence-electron chi connectivity index (χ0n) is 11.2. The van der Waals surface area contributed by atoms with Crippen molar-refractivity contribution in [3.05, 3.63) is 36.0 Å². The number of hydrogen-bond acceptors (Lipinski definition) is 5. The molecular weight excluding hydrogens is 256 g/mol. The predicted molar refractivity (Wildman–Crippen MR) is 73.0 cm³/mol. The van der Waals surface area contributed by atoms with Crippen molar-refractivity contribution in [1.29, 1.82) is 0 Å². The van der Waals surface area contributed by atoms with Gasteiger partial charge in [-0.05, 0) is 24.6 Å². The zero-order valence-corrected chi connectivity index (χ0v) is 11.2. The molecule has 0 aliphatic rings. The van der Waals surface area contributed by atoms with Crippen LogP contribution >= 0.6 is 0 Å². The fraction of sp³-hybridized carbons (Fsp3) is 0.214. The van der Waals surface area contributed by atoms with E-state index in [9.17, 15) is 5.11 Å². The first kappa shape index (κ1) is 12.4. The SMILES string of the molecule is CCc1cc(-c2nc(-c3cccc(O)c3)no2)n(C)n1. The number of benzene rings is 1. The van der Waals surface area contributed by atoms with Crippen LogP contribution < -0.4 is 0 Å². The van der Waals surface area contributed by atoms with Crippen molar-refractivity contribution in [3.8, 4) is 28.7 Å². The molecule has 0 radical (unpaired) electrons. The zero-order chi connectivity index (χ0) is 14.1. The van der Waals surface area contributed by atoms with Gasteiger partial charge < -0.3 is 9.63 Å². The summed E-state index contributed by atoms with van der Waals surface area (Å²) in [5.74, 6) is 1.02. The highest BCUT2D eigenvalue weighted by atomic mass is 16.5. The van der Waals surface area contributed by atoms with E-state index in [4.69, 9.17) is 4.52 Å². The number of phenolic OH excluding ortho intramolecular Hbond substituents is 1. The topological polar surface area (TPSA) is 77.0 Å². The summed E-state index contributed by atoms with van der Waals surface area (Å²) in [4.78, 5) is 4.35. The van der Waals surface area contributed by atoms with Crippen LogP contribution in [-0.2, 0) is 13.5 Å². The Morgan fingerprint density at radius 2 is 2.15 bits per heavy atom. The lowest BCUT2D eigenvalue weighted by Crippen LogP contribution is -1.94. The molecule has 0 aliphatic carbocycles. The highest BCUT2D eigenvalue weighted by molar-refractivity contribution is 5.59. The largest absolute Gasteiger partial charge is 0.508 e. The first-order valence-corrected chi connectivity index (χ1v) is 6.33. The van der Waals surface area contributed by atoms with E-state index in [1.165, 1.54) is 0 Å². The van der Waals surface area contributed by atoms with Crippen molar-refractivity contribution in [3.63, 3.8) is 0 Å². The normalized spacial score (nSPS) is 10.9. The third kappa shape index (κ3) is 2.16. The van der Waals surface area contributed by atoms with Crippen LogP contribution in [0.25, 0.3) is 23.0 Å². The maximum absolute atomic E-state index is 9.48. The molecule has 3 aromatic rings. The third-order valence-electron chi connectivity index (χ3n) is 3.04. The second kappa shape index (κ2) is 4.80. The Labute approximate surface area is 115 Å². The van der Waals surface area contributed by atoms with Gasteiger partial charge in [-0.25, -0.2) is 0 Å². The second-order valence-corrected chi connectivity index (χ2v) is 4.47. The summed E-state index contributed by atoms with van der Waals surface area (Å²) >= 11 is 0. The van der Waals surface area contributed by atoms with Gasteiger partial charge in [-0.3, -0.25) is 4.68 Å². The van der Waals surface area contributed by atoms with Gasteiger partial charge >= 0.3 is 0 Å². The summed E-state index contributed by atoms with van der Waals surface area (Å²) in [7, 11) is 1.84. The summed E-state index contributed by atoms with van der Waals surface area (Å²) in [6.07, 6.45) is 0.849. The van der Waals surface area contributed by atoms with Crippen LogP contribution in [-0.4, -0.2) is 25.0 Å². The minimum absolute atomic E-state index is 0.169. The van der Waals surface area contributed by atoms with Crippen LogP contribution in [0.3, 0.4) is 0 Å². The predicted octanol–water partition coefficient (Wildman–Crippen LogP) is 2.41.